The summed E-state index contributed by atoms with van der Waals surface area (Å²) < 4.78 is 0. The quantitative estimate of drug-likeness (QED) is 0.527. The van der Waals surface area contributed by atoms with Crippen LogP contribution in [0.25, 0.3) is 0 Å². The van der Waals surface area contributed by atoms with Crippen molar-refractivity contribution in [2.24, 2.45) is 5.92 Å². The maximum absolute atomic E-state index is 2.33. The van der Waals surface area contributed by atoms with Crippen molar-refractivity contribution in [3.8, 4) is 0 Å². The van der Waals surface area contributed by atoms with Gasteiger partial charge in [0.2, 0.25) is 0 Å². The Labute approximate surface area is 110 Å². The summed E-state index contributed by atoms with van der Waals surface area (Å²) in [5, 5.41) is 0. The lowest BCUT2D eigenvalue weighted by Crippen LogP contribution is -2.01. The second kappa shape index (κ2) is 11.1. The summed E-state index contributed by atoms with van der Waals surface area (Å²) in [6.07, 6.45) is 22.4. The highest BCUT2D eigenvalue weighted by Crippen LogP contribution is 2.24. The molecule has 0 atom stereocenters. The van der Waals surface area contributed by atoms with Gasteiger partial charge in [0, 0.05) is 0 Å². The molecule has 0 nitrogen and oxygen atoms in total. The fourth-order valence-electron chi connectivity index (χ4n) is 3.21. The molecule has 1 rings (SSSR count). The number of hydrogen-bond donors (Lipinski definition) is 0. The molecule has 0 spiro atoms. The Morgan fingerprint density at radius 2 is 1.06 bits per heavy atom. The van der Waals surface area contributed by atoms with E-state index >= 15 is 0 Å². The molecule has 0 aliphatic heterocycles. The van der Waals surface area contributed by atoms with E-state index in [0.717, 1.165) is 5.92 Å². The van der Waals surface area contributed by atoms with Crippen molar-refractivity contribution in [3.63, 3.8) is 0 Å². The smallest absolute Gasteiger partial charge is 0.0414 e. The van der Waals surface area contributed by atoms with E-state index in [4.69, 9.17) is 0 Å². The first-order valence-corrected chi connectivity index (χ1v) is 8.43. The van der Waals surface area contributed by atoms with Crippen LogP contribution >= 0.6 is 0 Å². The van der Waals surface area contributed by atoms with Gasteiger partial charge in [0.1, 0.15) is 0 Å². The average molecular weight is 238 g/mol. The molecular weight excluding hydrogens is 204 g/mol. The second-order valence-electron chi connectivity index (χ2n) is 6.12. The number of hydrogen-bond acceptors (Lipinski definition) is 0. The molecule has 1 saturated carbocycles. The molecule has 0 radical (unpaired) electrons. The summed E-state index contributed by atoms with van der Waals surface area (Å²) in [7, 11) is 0. The van der Waals surface area contributed by atoms with Crippen LogP contribution in [0.15, 0.2) is 0 Å². The SMILES string of the molecule is CCCCC1CCCCCCCCCCCC1. The van der Waals surface area contributed by atoms with Gasteiger partial charge in [-0.05, 0) is 5.92 Å². The third kappa shape index (κ3) is 8.69. The molecule has 1 fully saturated rings. The third-order valence-electron chi connectivity index (χ3n) is 4.44. The highest BCUT2D eigenvalue weighted by Gasteiger charge is 2.08. The molecule has 17 heavy (non-hydrogen) atoms. The summed E-state index contributed by atoms with van der Waals surface area (Å²) in [6.45, 7) is 2.33. The van der Waals surface area contributed by atoms with E-state index in [1.807, 2.05) is 0 Å². The van der Waals surface area contributed by atoms with Crippen LogP contribution in [0, 0.1) is 5.92 Å². The maximum atomic E-state index is 2.33. The molecule has 0 bridgehead atoms. The van der Waals surface area contributed by atoms with Gasteiger partial charge in [-0.25, -0.2) is 0 Å². The third-order valence-corrected chi connectivity index (χ3v) is 4.44. The molecule has 0 saturated heterocycles. The van der Waals surface area contributed by atoms with Crippen LogP contribution in [0.1, 0.15) is 103 Å². The van der Waals surface area contributed by atoms with Crippen molar-refractivity contribution in [3.05, 3.63) is 0 Å². The molecular formula is C17H34. The molecule has 0 aromatic heterocycles. The molecule has 0 amide bonds. The fourth-order valence-corrected chi connectivity index (χ4v) is 3.21. The van der Waals surface area contributed by atoms with Gasteiger partial charge in [0.05, 0.1) is 0 Å². The fraction of sp³-hybridized carbons (Fsp3) is 1.00. The van der Waals surface area contributed by atoms with Crippen LogP contribution in [-0.2, 0) is 0 Å². The Balaban J connectivity index is 2.20. The molecule has 0 aromatic carbocycles. The van der Waals surface area contributed by atoms with E-state index in [1.165, 1.54) is 96.3 Å². The van der Waals surface area contributed by atoms with Gasteiger partial charge in [-0.2, -0.15) is 0 Å². The van der Waals surface area contributed by atoms with Crippen molar-refractivity contribution >= 4 is 0 Å². The number of unbranched alkanes of at least 4 members (excludes halogenated alkanes) is 1. The summed E-state index contributed by atoms with van der Waals surface area (Å²) in [6, 6.07) is 0. The Hall–Kier alpha value is 0. The van der Waals surface area contributed by atoms with E-state index < -0.39 is 0 Å². The Kier molecular flexibility index (Phi) is 9.84. The molecule has 0 heterocycles. The van der Waals surface area contributed by atoms with Crippen molar-refractivity contribution in [1.82, 2.24) is 0 Å². The first-order valence-electron chi connectivity index (χ1n) is 8.43. The van der Waals surface area contributed by atoms with Crippen molar-refractivity contribution in [2.45, 2.75) is 103 Å². The first-order chi connectivity index (χ1) is 8.43. The van der Waals surface area contributed by atoms with Gasteiger partial charge >= 0.3 is 0 Å². The minimum Gasteiger partial charge on any atom is -0.0654 e. The summed E-state index contributed by atoms with van der Waals surface area (Å²) in [5.74, 6) is 1.07. The van der Waals surface area contributed by atoms with Crippen LogP contribution in [0.5, 0.6) is 0 Å². The standard InChI is InChI=1S/C17H34/c1-2-3-14-17-15-12-10-8-6-4-5-7-9-11-13-16-17/h17H,2-16H2,1H3. The summed E-state index contributed by atoms with van der Waals surface area (Å²) in [5.41, 5.74) is 0. The zero-order chi connectivity index (χ0) is 12.2. The topological polar surface area (TPSA) is 0 Å². The predicted octanol–water partition coefficient (Wildman–Crippen LogP) is 6.49. The largest absolute Gasteiger partial charge is 0.0654 e. The lowest BCUT2D eigenvalue weighted by atomic mass is 9.90. The minimum absolute atomic E-state index is 1.07. The average Bonchev–Trinajstić information content (AvgIpc) is 2.37. The van der Waals surface area contributed by atoms with Crippen LogP contribution in [0.3, 0.4) is 0 Å². The monoisotopic (exact) mass is 238 g/mol. The van der Waals surface area contributed by atoms with Gasteiger partial charge in [0.15, 0.2) is 0 Å². The van der Waals surface area contributed by atoms with Crippen LogP contribution in [-0.4, -0.2) is 0 Å². The summed E-state index contributed by atoms with van der Waals surface area (Å²) >= 11 is 0. The van der Waals surface area contributed by atoms with E-state index in [0.29, 0.717) is 0 Å². The van der Waals surface area contributed by atoms with Gasteiger partial charge < -0.3 is 0 Å². The van der Waals surface area contributed by atoms with Crippen molar-refractivity contribution < 1.29 is 0 Å². The van der Waals surface area contributed by atoms with E-state index in [9.17, 15) is 0 Å². The lowest BCUT2D eigenvalue weighted by molar-refractivity contribution is 0.374. The Morgan fingerprint density at radius 3 is 1.47 bits per heavy atom. The zero-order valence-corrected chi connectivity index (χ0v) is 12.2. The van der Waals surface area contributed by atoms with Crippen LogP contribution < -0.4 is 0 Å². The molecule has 0 heteroatoms. The molecule has 0 unspecified atom stereocenters. The highest BCUT2D eigenvalue weighted by atomic mass is 14.1. The molecule has 1 aliphatic rings. The maximum Gasteiger partial charge on any atom is -0.0414 e. The summed E-state index contributed by atoms with van der Waals surface area (Å²) in [4.78, 5) is 0. The van der Waals surface area contributed by atoms with Crippen LogP contribution in [0.4, 0.5) is 0 Å². The normalized spacial score (nSPS) is 22.4. The van der Waals surface area contributed by atoms with E-state index in [2.05, 4.69) is 6.92 Å². The van der Waals surface area contributed by atoms with Gasteiger partial charge in [0.25, 0.3) is 0 Å². The lowest BCUT2D eigenvalue weighted by Gasteiger charge is -2.16. The highest BCUT2D eigenvalue weighted by molar-refractivity contribution is 4.62. The van der Waals surface area contributed by atoms with Crippen molar-refractivity contribution in [1.29, 1.82) is 0 Å². The zero-order valence-electron chi connectivity index (χ0n) is 12.2. The van der Waals surface area contributed by atoms with E-state index in [-0.39, 0.29) is 0 Å². The Bertz CT molecular complexity index is 136. The molecule has 0 N–H and O–H groups in total. The Morgan fingerprint density at radius 1 is 0.647 bits per heavy atom. The second-order valence-corrected chi connectivity index (χ2v) is 6.12. The minimum atomic E-state index is 1.07. The van der Waals surface area contributed by atoms with Crippen LogP contribution in [0.2, 0.25) is 0 Å². The molecule has 1 aliphatic carbocycles. The first kappa shape index (κ1) is 15.1. The van der Waals surface area contributed by atoms with Crippen molar-refractivity contribution in [2.75, 3.05) is 0 Å². The number of rotatable bonds is 3. The van der Waals surface area contributed by atoms with E-state index in [1.54, 1.807) is 0 Å². The van der Waals surface area contributed by atoms with Gasteiger partial charge in [-0.1, -0.05) is 103 Å². The van der Waals surface area contributed by atoms with Gasteiger partial charge in [-0.15, -0.1) is 0 Å². The predicted molar refractivity (Wildman–Crippen MR) is 78.4 cm³/mol. The van der Waals surface area contributed by atoms with Gasteiger partial charge in [-0.3, -0.25) is 0 Å². The molecule has 0 aromatic rings. The molecule has 102 valence electrons.